The highest BCUT2D eigenvalue weighted by atomic mass is 16.4. The van der Waals surface area contributed by atoms with Crippen molar-refractivity contribution in [3.63, 3.8) is 0 Å². The van der Waals surface area contributed by atoms with E-state index in [1.54, 1.807) is 0 Å². The normalized spacial score (nSPS) is 14.1. The summed E-state index contributed by atoms with van der Waals surface area (Å²) in [6, 6.07) is 2.48. The number of nitrogens with zero attached hydrogens (tertiary/aromatic N) is 1. The molecular formula is C9H9NO6. The number of hydrogen-bond donors (Lipinski definition) is 4. The third kappa shape index (κ3) is 2.33. The van der Waals surface area contributed by atoms with E-state index < -0.39 is 24.1 Å². The van der Waals surface area contributed by atoms with E-state index in [0.29, 0.717) is 0 Å². The number of aliphatic hydroxyl groups is 2. The number of carboxylic acid groups (broad SMARTS) is 2. The quantitative estimate of drug-likeness (QED) is 0.533. The smallest absolute Gasteiger partial charge is 0.337 e. The highest BCUT2D eigenvalue weighted by Gasteiger charge is 2.29. The van der Waals surface area contributed by atoms with Gasteiger partial charge in [-0.1, -0.05) is 0 Å². The van der Waals surface area contributed by atoms with Crippen molar-refractivity contribution in [2.75, 3.05) is 0 Å². The Balaban J connectivity index is 3.12. The molecule has 0 aromatic carbocycles. The number of aromatic nitrogens is 1. The Labute approximate surface area is 89.6 Å². The SMILES string of the molecule is O=C(O)c1cccnc1C(O)C(O)C(=O)O. The molecule has 4 N–H and O–H groups in total. The fourth-order valence-electron chi connectivity index (χ4n) is 1.12. The molecule has 16 heavy (non-hydrogen) atoms. The van der Waals surface area contributed by atoms with Crippen LogP contribution in [-0.2, 0) is 4.79 Å². The van der Waals surface area contributed by atoms with Gasteiger partial charge in [0.15, 0.2) is 6.10 Å². The number of hydrogen-bond acceptors (Lipinski definition) is 5. The predicted octanol–water partition coefficient (Wildman–Crippen LogP) is -0.741. The zero-order valence-electron chi connectivity index (χ0n) is 7.94. The molecule has 0 aliphatic rings. The van der Waals surface area contributed by atoms with E-state index in [-0.39, 0.29) is 11.3 Å². The van der Waals surface area contributed by atoms with Gasteiger partial charge in [-0.3, -0.25) is 4.98 Å². The molecule has 0 fully saturated rings. The Hall–Kier alpha value is -1.99. The van der Waals surface area contributed by atoms with Crippen LogP contribution in [0.1, 0.15) is 22.2 Å². The van der Waals surface area contributed by atoms with Crippen LogP contribution in [0.4, 0.5) is 0 Å². The van der Waals surface area contributed by atoms with E-state index in [1.165, 1.54) is 12.3 Å². The van der Waals surface area contributed by atoms with Crippen molar-refractivity contribution in [2.24, 2.45) is 0 Å². The maximum absolute atomic E-state index is 10.7. The molecule has 1 aromatic rings. The summed E-state index contributed by atoms with van der Waals surface area (Å²) < 4.78 is 0. The molecule has 0 radical (unpaired) electrons. The van der Waals surface area contributed by atoms with Crippen molar-refractivity contribution in [1.29, 1.82) is 0 Å². The summed E-state index contributed by atoms with van der Waals surface area (Å²) >= 11 is 0. The summed E-state index contributed by atoms with van der Waals surface area (Å²) in [5, 5.41) is 35.7. The van der Waals surface area contributed by atoms with Gasteiger partial charge in [0.05, 0.1) is 11.3 Å². The van der Waals surface area contributed by atoms with Gasteiger partial charge in [-0.15, -0.1) is 0 Å². The van der Waals surface area contributed by atoms with E-state index in [1.807, 2.05) is 0 Å². The molecule has 0 aliphatic heterocycles. The summed E-state index contributed by atoms with van der Waals surface area (Å²) in [4.78, 5) is 24.7. The first-order valence-electron chi connectivity index (χ1n) is 4.22. The summed E-state index contributed by atoms with van der Waals surface area (Å²) in [6.45, 7) is 0. The first-order chi connectivity index (χ1) is 7.45. The van der Waals surface area contributed by atoms with Crippen LogP contribution in [0.25, 0.3) is 0 Å². The van der Waals surface area contributed by atoms with Gasteiger partial charge >= 0.3 is 11.9 Å². The van der Waals surface area contributed by atoms with Gasteiger partial charge in [0.2, 0.25) is 0 Å². The van der Waals surface area contributed by atoms with Crippen LogP contribution in [0.3, 0.4) is 0 Å². The highest BCUT2D eigenvalue weighted by Crippen LogP contribution is 2.18. The lowest BCUT2D eigenvalue weighted by atomic mass is 10.0. The van der Waals surface area contributed by atoms with Gasteiger partial charge in [-0.25, -0.2) is 9.59 Å². The van der Waals surface area contributed by atoms with Crippen LogP contribution in [0.5, 0.6) is 0 Å². The number of aliphatic carboxylic acids is 1. The topological polar surface area (TPSA) is 128 Å². The monoisotopic (exact) mass is 227 g/mol. The van der Waals surface area contributed by atoms with Crippen LogP contribution in [0, 0.1) is 0 Å². The van der Waals surface area contributed by atoms with Crippen molar-refractivity contribution in [3.8, 4) is 0 Å². The maximum Gasteiger partial charge on any atom is 0.337 e. The lowest BCUT2D eigenvalue weighted by molar-refractivity contribution is -0.153. The predicted molar refractivity (Wildman–Crippen MR) is 49.8 cm³/mol. The minimum absolute atomic E-state index is 0.352. The van der Waals surface area contributed by atoms with Gasteiger partial charge in [-0.05, 0) is 12.1 Å². The minimum atomic E-state index is -2.12. The highest BCUT2D eigenvalue weighted by molar-refractivity contribution is 5.89. The van der Waals surface area contributed by atoms with Crippen LogP contribution in [0.15, 0.2) is 18.3 Å². The molecule has 1 aromatic heterocycles. The Bertz CT molecular complexity index is 418. The van der Waals surface area contributed by atoms with E-state index >= 15 is 0 Å². The van der Waals surface area contributed by atoms with Crippen LogP contribution < -0.4 is 0 Å². The van der Waals surface area contributed by atoms with Crippen LogP contribution in [0.2, 0.25) is 0 Å². The second-order valence-electron chi connectivity index (χ2n) is 2.97. The fourth-order valence-corrected chi connectivity index (χ4v) is 1.12. The van der Waals surface area contributed by atoms with Crippen molar-refractivity contribution < 1.29 is 30.0 Å². The third-order valence-electron chi connectivity index (χ3n) is 1.90. The first-order valence-corrected chi connectivity index (χ1v) is 4.22. The zero-order chi connectivity index (χ0) is 12.3. The van der Waals surface area contributed by atoms with Crippen molar-refractivity contribution in [3.05, 3.63) is 29.6 Å². The molecule has 0 amide bonds. The average molecular weight is 227 g/mol. The molecule has 7 nitrogen and oxygen atoms in total. The first kappa shape index (κ1) is 12.1. The molecule has 2 atom stereocenters. The van der Waals surface area contributed by atoms with Gasteiger partial charge < -0.3 is 20.4 Å². The van der Waals surface area contributed by atoms with Gasteiger partial charge in [0, 0.05) is 6.20 Å². The molecule has 86 valence electrons. The Kier molecular flexibility index (Phi) is 3.54. The molecule has 0 bridgehead atoms. The van der Waals surface area contributed by atoms with E-state index in [0.717, 1.165) is 6.07 Å². The number of pyridine rings is 1. The molecular weight excluding hydrogens is 218 g/mol. The summed E-state index contributed by atoms with van der Waals surface area (Å²) in [6.07, 6.45) is -2.81. The summed E-state index contributed by atoms with van der Waals surface area (Å²) in [7, 11) is 0. The van der Waals surface area contributed by atoms with Crippen molar-refractivity contribution >= 4 is 11.9 Å². The number of aromatic carboxylic acids is 1. The molecule has 1 rings (SSSR count). The molecule has 2 unspecified atom stereocenters. The van der Waals surface area contributed by atoms with E-state index in [4.69, 9.17) is 15.3 Å². The lowest BCUT2D eigenvalue weighted by Crippen LogP contribution is -2.29. The average Bonchev–Trinajstić information content (AvgIpc) is 2.26. The zero-order valence-corrected chi connectivity index (χ0v) is 7.94. The standard InChI is InChI=1S/C9H9NO6/c11-6(7(12)9(15)16)5-4(8(13)14)2-1-3-10-5/h1-3,6-7,11-12H,(H,13,14)(H,15,16). The largest absolute Gasteiger partial charge is 0.479 e. The van der Waals surface area contributed by atoms with Gasteiger partial charge in [0.1, 0.15) is 6.10 Å². The molecule has 0 saturated carbocycles. The molecule has 7 heteroatoms. The van der Waals surface area contributed by atoms with Crippen molar-refractivity contribution in [2.45, 2.75) is 12.2 Å². The number of carboxylic acids is 2. The Morgan fingerprint density at radius 2 is 1.88 bits per heavy atom. The van der Waals surface area contributed by atoms with Gasteiger partial charge in [0.25, 0.3) is 0 Å². The summed E-state index contributed by atoms with van der Waals surface area (Å²) in [5.74, 6) is -3.02. The second-order valence-corrected chi connectivity index (χ2v) is 2.97. The van der Waals surface area contributed by atoms with E-state index in [9.17, 15) is 14.7 Å². The third-order valence-corrected chi connectivity index (χ3v) is 1.90. The van der Waals surface area contributed by atoms with E-state index in [2.05, 4.69) is 4.98 Å². The molecule has 0 aliphatic carbocycles. The van der Waals surface area contributed by atoms with Crippen LogP contribution in [-0.4, -0.2) is 43.5 Å². The number of carbonyl (C=O) groups is 2. The van der Waals surface area contributed by atoms with Gasteiger partial charge in [-0.2, -0.15) is 0 Å². The fraction of sp³-hybridized carbons (Fsp3) is 0.222. The Morgan fingerprint density at radius 1 is 1.25 bits per heavy atom. The second kappa shape index (κ2) is 4.69. The number of aliphatic hydroxyl groups excluding tert-OH is 2. The molecule has 0 spiro atoms. The minimum Gasteiger partial charge on any atom is -0.479 e. The summed E-state index contributed by atoms with van der Waals surface area (Å²) in [5.41, 5.74) is -0.736. The Morgan fingerprint density at radius 3 is 2.38 bits per heavy atom. The van der Waals surface area contributed by atoms with Crippen molar-refractivity contribution in [1.82, 2.24) is 4.98 Å². The number of rotatable bonds is 4. The molecule has 1 heterocycles. The van der Waals surface area contributed by atoms with Crippen LogP contribution >= 0.6 is 0 Å². The lowest BCUT2D eigenvalue weighted by Gasteiger charge is -2.14. The maximum atomic E-state index is 10.7. The molecule has 0 saturated heterocycles.